The molecule has 7 nitrogen and oxygen atoms in total. The summed E-state index contributed by atoms with van der Waals surface area (Å²) in [6, 6.07) is 5.27. The van der Waals surface area contributed by atoms with Crippen LogP contribution in [0.2, 0.25) is 0 Å². The fraction of sp³-hybridized carbons (Fsp3) is 0.286. The first-order valence-corrected chi connectivity index (χ1v) is 9.23. The van der Waals surface area contributed by atoms with Crippen LogP contribution >= 0.6 is 0 Å². The van der Waals surface area contributed by atoms with E-state index in [4.69, 9.17) is 4.74 Å². The molecule has 2 N–H and O–H groups in total. The maximum absolute atomic E-state index is 13.4. The van der Waals surface area contributed by atoms with Crippen LogP contribution in [0.3, 0.4) is 0 Å². The molecule has 2 aromatic heterocycles. The fourth-order valence-corrected chi connectivity index (χ4v) is 3.30. The molecule has 3 aromatic rings. The van der Waals surface area contributed by atoms with Gasteiger partial charge in [0.25, 0.3) is 5.91 Å². The van der Waals surface area contributed by atoms with Crippen molar-refractivity contribution in [2.24, 2.45) is 7.05 Å². The molecule has 0 fully saturated rings. The summed E-state index contributed by atoms with van der Waals surface area (Å²) in [6.07, 6.45) is 3.39. The van der Waals surface area contributed by atoms with Crippen LogP contribution < -0.4 is 5.32 Å². The van der Waals surface area contributed by atoms with Gasteiger partial charge in [-0.3, -0.25) is 4.79 Å². The van der Waals surface area contributed by atoms with Crippen molar-refractivity contribution < 1.29 is 18.7 Å². The molecule has 0 unspecified atom stereocenters. The molecular formula is C21H23FN4O3. The average Bonchev–Trinajstić information content (AvgIpc) is 3.23. The Morgan fingerprint density at radius 1 is 1.28 bits per heavy atom. The fourth-order valence-electron chi connectivity index (χ4n) is 3.30. The molecule has 0 aliphatic heterocycles. The van der Waals surface area contributed by atoms with E-state index in [2.05, 4.69) is 15.3 Å². The number of aromatic amines is 1. The van der Waals surface area contributed by atoms with Crippen LogP contribution in [0.1, 0.15) is 56.5 Å². The summed E-state index contributed by atoms with van der Waals surface area (Å²) in [4.78, 5) is 32.6. The quantitative estimate of drug-likeness (QED) is 0.624. The number of nitrogens with one attached hydrogen (secondary N) is 2. The highest BCUT2D eigenvalue weighted by Gasteiger charge is 2.26. The molecule has 0 aliphatic carbocycles. The van der Waals surface area contributed by atoms with E-state index in [1.165, 1.54) is 12.1 Å². The topological polar surface area (TPSA) is 89.0 Å². The Labute approximate surface area is 167 Å². The van der Waals surface area contributed by atoms with Crippen molar-refractivity contribution in [1.29, 1.82) is 0 Å². The van der Waals surface area contributed by atoms with Crippen LogP contribution in [-0.4, -0.2) is 33.0 Å². The van der Waals surface area contributed by atoms with Gasteiger partial charge in [0.2, 0.25) is 0 Å². The van der Waals surface area contributed by atoms with E-state index in [1.54, 1.807) is 49.9 Å². The molecule has 152 valence electrons. The van der Waals surface area contributed by atoms with Crippen LogP contribution in [-0.2, 0) is 11.8 Å². The van der Waals surface area contributed by atoms with E-state index in [0.29, 0.717) is 28.2 Å². The van der Waals surface area contributed by atoms with Gasteiger partial charge in [-0.25, -0.2) is 14.2 Å². The van der Waals surface area contributed by atoms with Crippen LogP contribution in [0.4, 0.5) is 4.39 Å². The summed E-state index contributed by atoms with van der Waals surface area (Å²) in [5, 5.41) is 2.94. The van der Waals surface area contributed by atoms with Gasteiger partial charge in [-0.1, -0.05) is 12.1 Å². The number of esters is 1. The lowest BCUT2D eigenvalue weighted by Crippen LogP contribution is -2.31. The van der Waals surface area contributed by atoms with Crippen LogP contribution in [0.5, 0.6) is 0 Å². The number of carbonyl (C=O) groups is 2. The Bertz CT molecular complexity index is 1040. The van der Waals surface area contributed by atoms with Crippen molar-refractivity contribution >= 4 is 11.9 Å². The lowest BCUT2D eigenvalue weighted by Gasteiger charge is -2.19. The standard InChI is InChI=1S/C21H23FN4O3/c1-5-29-21(28)16-12(2)17(24-13(16)3)20(27)25-18(19-23-10-11-26(19)4)14-6-8-15(22)9-7-14/h6-11,18,24H,5H2,1-4H3,(H,25,27)/t18-/m1/s1. The van der Waals surface area contributed by atoms with Gasteiger partial charge in [0.05, 0.1) is 12.2 Å². The normalized spacial score (nSPS) is 11.9. The van der Waals surface area contributed by atoms with Gasteiger partial charge >= 0.3 is 5.97 Å². The van der Waals surface area contributed by atoms with Crippen LogP contribution in [0.15, 0.2) is 36.7 Å². The predicted octanol–water partition coefficient (Wildman–Crippen LogP) is 3.20. The lowest BCUT2D eigenvalue weighted by atomic mass is 10.0. The summed E-state index contributed by atoms with van der Waals surface area (Å²) in [7, 11) is 1.81. The number of ether oxygens (including phenoxy) is 1. The zero-order valence-corrected chi connectivity index (χ0v) is 16.7. The maximum Gasteiger partial charge on any atom is 0.340 e. The minimum atomic E-state index is -0.600. The summed E-state index contributed by atoms with van der Waals surface area (Å²) < 4.78 is 20.2. The van der Waals surface area contributed by atoms with Crippen molar-refractivity contribution in [2.75, 3.05) is 6.61 Å². The molecule has 0 spiro atoms. The van der Waals surface area contributed by atoms with Crippen molar-refractivity contribution in [3.05, 3.63) is 76.4 Å². The van der Waals surface area contributed by atoms with Crippen molar-refractivity contribution in [1.82, 2.24) is 19.9 Å². The second-order valence-electron chi connectivity index (χ2n) is 6.70. The van der Waals surface area contributed by atoms with Gasteiger partial charge in [-0.15, -0.1) is 0 Å². The highest BCUT2D eigenvalue weighted by molar-refractivity contribution is 6.00. The number of imidazole rings is 1. The molecule has 2 heterocycles. The Balaban J connectivity index is 1.96. The number of aromatic nitrogens is 3. The molecule has 8 heteroatoms. The largest absolute Gasteiger partial charge is 0.462 e. The van der Waals surface area contributed by atoms with E-state index >= 15 is 0 Å². The van der Waals surface area contributed by atoms with Crippen molar-refractivity contribution in [2.45, 2.75) is 26.8 Å². The predicted molar refractivity (Wildman–Crippen MR) is 105 cm³/mol. The zero-order chi connectivity index (χ0) is 21.1. The number of nitrogens with zero attached hydrogens (tertiary/aromatic N) is 2. The lowest BCUT2D eigenvalue weighted by molar-refractivity contribution is 0.0525. The average molecular weight is 398 g/mol. The number of aryl methyl sites for hydroxylation is 2. The third kappa shape index (κ3) is 4.06. The third-order valence-corrected chi connectivity index (χ3v) is 4.74. The number of rotatable bonds is 6. The maximum atomic E-state index is 13.4. The number of carbonyl (C=O) groups excluding carboxylic acids is 2. The van der Waals surface area contributed by atoms with Crippen molar-refractivity contribution in [3.63, 3.8) is 0 Å². The van der Waals surface area contributed by atoms with Gasteiger partial charge in [-0.2, -0.15) is 0 Å². The smallest absolute Gasteiger partial charge is 0.340 e. The summed E-state index contributed by atoms with van der Waals surface area (Å²) >= 11 is 0. The third-order valence-electron chi connectivity index (χ3n) is 4.74. The van der Waals surface area contributed by atoms with Crippen molar-refractivity contribution in [3.8, 4) is 0 Å². The molecule has 29 heavy (non-hydrogen) atoms. The van der Waals surface area contributed by atoms with E-state index in [9.17, 15) is 14.0 Å². The number of halogens is 1. The van der Waals surface area contributed by atoms with E-state index < -0.39 is 17.9 Å². The molecule has 0 saturated heterocycles. The van der Waals surface area contributed by atoms with Gasteiger partial charge in [0.15, 0.2) is 0 Å². The molecule has 0 aliphatic rings. The molecule has 3 rings (SSSR count). The summed E-state index contributed by atoms with van der Waals surface area (Å²) in [5.74, 6) is -0.652. The second-order valence-corrected chi connectivity index (χ2v) is 6.70. The first kappa shape index (κ1) is 20.3. The number of H-pyrrole nitrogens is 1. The van der Waals surface area contributed by atoms with E-state index in [-0.39, 0.29) is 18.1 Å². The molecule has 0 radical (unpaired) electrons. The zero-order valence-electron chi connectivity index (χ0n) is 16.7. The van der Waals surface area contributed by atoms with Crippen LogP contribution in [0, 0.1) is 19.7 Å². The number of benzene rings is 1. The summed E-state index contributed by atoms with van der Waals surface area (Å²) in [6.45, 7) is 5.38. The molecule has 0 bridgehead atoms. The van der Waals surface area contributed by atoms with Crippen LogP contribution in [0.25, 0.3) is 0 Å². The number of hydrogen-bond donors (Lipinski definition) is 2. The highest BCUT2D eigenvalue weighted by Crippen LogP contribution is 2.24. The van der Waals surface area contributed by atoms with E-state index in [1.807, 2.05) is 7.05 Å². The first-order valence-electron chi connectivity index (χ1n) is 9.23. The number of amides is 1. The molecule has 1 aromatic carbocycles. The van der Waals surface area contributed by atoms with Gasteiger partial charge in [-0.05, 0) is 44.0 Å². The Hall–Kier alpha value is -3.42. The molecular weight excluding hydrogens is 375 g/mol. The first-order chi connectivity index (χ1) is 13.8. The molecule has 1 amide bonds. The Morgan fingerprint density at radius 3 is 2.55 bits per heavy atom. The molecule has 1 atom stereocenters. The second kappa shape index (κ2) is 8.30. The minimum Gasteiger partial charge on any atom is -0.462 e. The monoisotopic (exact) mass is 398 g/mol. The minimum absolute atomic E-state index is 0.246. The Morgan fingerprint density at radius 2 is 1.97 bits per heavy atom. The SMILES string of the molecule is CCOC(=O)c1c(C)[nH]c(C(=O)N[C@H](c2ccc(F)cc2)c2nccn2C)c1C. The van der Waals surface area contributed by atoms with Gasteiger partial charge in [0.1, 0.15) is 23.4 Å². The van der Waals surface area contributed by atoms with Gasteiger partial charge in [0, 0.05) is 25.1 Å². The van der Waals surface area contributed by atoms with E-state index in [0.717, 1.165) is 0 Å². The molecule has 0 saturated carbocycles. The summed E-state index contributed by atoms with van der Waals surface area (Å²) in [5.41, 5.74) is 2.37. The van der Waals surface area contributed by atoms with Gasteiger partial charge < -0.3 is 19.6 Å². The number of hydrogen-bond acceptors (Lipinski definition) is 4. The Kier molecular flexibility index (Phi) is 5.81. The highest BCUT2D eigenvalue weighted by atomic mass is 19.1.